The van der Waals surface area contributed by atoms with E-state index in [9.17, 15) is 29.4 Å². The van der Waals surface area contributed by atoms with E-state index in [-0.39, 0.29) is 25.4 Å². The van der Waals surface area contributed by atoms with Gasteiger partial charge in [-0.3, -0.25) is 14.4 Å². The fourth-order valence-electron chi connectivity index (χ4n) is 8.26. The van der Waals surface area contributed by atoms with Gasteiger partial charge in [0, 0.05) is 41.8 Å². The van der Waals surface area contributed by atoms with Crippen molar-refractivity contribution in [3.8, 4) is 22.9 Å². The molecule has 2 aromatic carbocycles. The number of aliphatic hydroxyl groups excluding tert-OH is 1. The number of ketones is 1. The summed E-state index contributed by atoms with van der Waals surface area (Å²) in [6, 6.07) is 11.1. The monoisotopic (exact) mass is 825 g/mol. The number of carboxylic acids is 1. The van der Waals surface area contributed by atoms with Crippen molar-refractivity contribution in [1.82, 2.24) is 25.5 Å². The molecule has 4 aromatic rings. The van der Waals surface area contributed by atoms with Crippen molar-refractivity contribution in [2.24, 2.45) is 16.6 Å². The number of rotatable bonds is 13. The first-order chi connectivity index (χ1) is 27.9. The Morgan fingerprint density at radius 1 is 1.10 bits per heavy atom. The molecule has 1 aliphatic heterocycles. The summed E-state index contributed by atoms with van der Waals surface area (Å²) >= 11 is 1.44. The van der Waals surface area contributed by atoms with Crippen molar-refractivity contribution in [3.63, 3.8) is 0 Å². The molecule has 0 spiro atoms. The lowest BCUT2D eigenvalue weighted by Crippen LogP contribution is -2.59. The van der Waals surface area contributed by atoms with Crippen LogP contribution < -0.4 is 31.2 Å². The SMILES string of the molecule is C=CC1(C(=O)C2CC(Oc3cc(-c4csc(NC(C)C)n4)nc4cc(OC)ccc34)CN2C(=O)NC(C(=O)NC2c3ccccc3CC2O)C(C)(C)C)CC1(N)C(=O)O. The minimum absolute atomic E-state index is 0.0105. The fraction of sp³-hybridized carbons (Fsp3) is 0.442. The number of aliphatic carboxylic acids is 1. The van der Waals surface area contributed by atoms with Crippen LogP contribution in [0.15, 0.2) is 66.6 Å². The number of carbonyl (C=O) groups is 4. The predicted octanol–water partition coefficient (Wildman–Crippen LogP) is 4.84. The highest BCUT2D eigenvalue weighted by molar-refractivity contribution is 7.14. The van der Waals surface area contributed by atoms with E-state index in [1.165, 1.54) is 22.3 Å². The molecular formula is C43H51N7O8S. The van der Waals surface area contributed by atoms with E-state index >= 15 is 0 Å². The van der Waals surface area contributed by atoms with E-state index in [4.69, 9.17) is 25.2 Å². The number of methoxy groups -OCH3 is 1. The van der Waals surface area contributed by atoms with Crippen molar-refractivity contribution in [2.45, 2.75) is 95.8 Å². The summed E-state index contributed by atoms with van der Waals surface area (Å²) in [7, 11) is 1.56. The number of likely N-dealkylation sites (tertiary alicyclic amines) is 1. The lowest BCUT2D eigenvalue weighted by molar-refractivity contribution is -0.142. The maximum absolute atomic E-state index is 14.6. The van der Waals surface area contributed by atoms with Crippen molar-refractivity contribution < 1.29 is 38.9 Å². The minimum atomic E-state index is -1.90. The standard InChI is InChI=1S/C43H51N7O8S/c1-8-42(21-43(42,44)38(54)55)36(52)31-17-25(58-33-18-29(30-20-59-39(47-30)45-22(2)3)46-28-16-24(57-7)13-14-27(28)33)19-50(31)40(56)49-35(41(4,5)6)37(53)48-34-26-12-10-9-11-23(26)15-32(34)51/h8-14,16,18,20,22,25,31-32,34-35,51H,1,15,17,19,21,44H2,2-7H3,(H,45,47)(H,48,53)(H,49,56)(H,54,55). The molecule has 59 heavy (non-hydrogen) atoms. The van der Waals surface area contributed by atoms with Gasteiger partial charge < -0.3 is 46.3 Å². The molecule has 0 radical (unpaired) electrons. The number of amides is 3. The number of hydrogen-bond acceptors (Lipinski definition) is 12. The van der Waals surface area contributed by atoms with Crippen molar-refractivity contribution in [2.75, 3.05) is 19.0 Å². The smallest absolute Gasteiger partial charge is 0.325 e. The molecule has 7 atom stereocenters. The number of Topliss-reactive ketones (excluding diaryl/α,β-unsaturated/α-hetero) is 1. The molecule has 2 aromatic heterocycles. The molecule has 7 unspecified atom stereocenters. The zero-order valence-corrected chi connectivity index (χ0v) is 34.8. The van der Waals surface area contributed by atoms with Crippen LogP contribution in [-0.2, 0) is 20.8 Å². The van der Waals surface area contributed by atoms with Crippen LogP contribution in [0.3, 0.4) is 0 Å². The minimum Gasteiger partial charge on any atom is -0.497 e. The van der Waals surface area contributed by atoms with Gasteiger partial charge in [-0.1, -0.05) is 51.1 Å². The summed E-state index contributed by atoms with van der Waals surface area (Å²) in [5.41, 5.74) is 5.35. The second-order valence-electron chi connectivity index (χ2n) is 17.1. The lowest BCUT2D eigenvalue weighted by atomic mass is 9.85. The maximum atomic E-state index is 14.6. The van der Waals surface area contributed by atoms with Crippen molar-refractivity contribution in [3.05, 3.63) is 77.7 Å². The summed E-state index contributed by atoms with van der Waals surface area (Å²) in [6.07, 6.45) is -0.188. The van der Waals surface area contributed by atoms with Crippen LogP contribution in [0.4, 0.5) is 9.93 Å². The van der Waals surface area contributed by atoms with E-state index in [0.29, 0.717) is 40.2 Å². The van der Waals surface area contributed by atoms with Crippen LogP contribution in [-0.4, -0.2) is 98.3 Å². The number of carbonyl (C=O) groups excluding carboxylic acids is 3. The van der Waals surface area contributed by atoms with Crippen molar-refractivity contribution in [1.29, 1.82) is 0 Å². The van der Waals surface area contributed by atoms with Crippen molar-refractivity contribution >= 4 is 51.1 Å². The average molecular weight is 826 g/mol. The highest BCUT2D eigenvalue weighted by Gasteiger charge is 2.74. The Balaban J connectivity index is 1.21. The number of fused-ring (bicyclic) bond motifs is 2. The largest absolute Gasteiger partial charge is 0.497 e. The number of nitrogens with one attached hydrogen (secondary N) is 3. The number of benzene rings is 2. The Morgan fingerprint density at radius 2 is 1.85 bits per heavy atom. The zero-order chi connectivity index (χ0) is 42.6. The van der Waals surface area contributed by atoms with Crippen LogP contribution in [0.5, 0.6) is 11.5 Å². The van der Waals surface area contributed by atoms with E-state index in [1.807, 2.05) is 49.6 Å². The Morgan fingerprint density at radius 3 is 2.51 bits per heavy atom. The van der Waals surface area contributed by atoms with Crippen LogP contribution in [0.25, 0.3) is 22.3 Å². The number of urea groups is 1. The van der Waals surface area contributed by atoms with Crippen LogP contribution in [0.2, 0.25) is 0 Å². The molecule has 16 heteroatoms. The Bertz CT molecular complexity index is 2330. The topological polar surface area (TPSA) is 218 Å². The average Bonchev–Trinajstić information content (AvgIpc) is 3.53. The zero-order valence-electron chi connectivity index (χ0n) is 33.9. The highest BCUT2D eigenvalue weighted by Crippen LogP contribution is 2.58. The molecule has 15 nitrogen and oxygen atoms in total. The first kappa shape index (κ1) is 41.6. The molecule has 2 aliphatic carbocycles. The molecule has 3 amide bonds. The second kappa shape index (κ2) is 15.5. The van der Waals surface area contributed by atoms with E-state index < -0.39 is 70.4 Å². The summed E-state index contributed by atoms with van der Waals surface area (Å²) in [4.78, 5) is 66.3. The van der Waals surface area contributed by atoms with Gasteiger partial charge in [0.15, 0.2) is 10.9 Å². The summed E-state index contributed by atoms with van der Waals surface area (Å²) in [5.74, 6) is -1.46. The number of aliphatic hydroxyl groups is 1. The quantitative estimate of drug-likeness (QED) is 0.0999. The second-order valence-corrected chi connectivity index (χ2v) is 17.9. The summed E-state index contributed by atoms with van der Waals surface area (Å²) < 4.78 is 12.2. The van der Waals surface area contributed by atoms with Crippen LogP contribution in [0.1, 0.15) is 64.6 Å². The fourth-order valence-corrected chi connectivity index (χ4v) is 9.11. The molecular weight excluding hydrogens is 775 g/mol. The van der Waals surface area contributed by atoms with Crippen LogP contribution in [0, 0.1) is 10.8 Å². The normalized spacial score (nSPS) is 25.3. The van der Waals surface area contributed by atoms with Gasteiger partial charge in [0.1, 0.15) is 34.9 Å². The lowest BCUT2D eigenvalue weighted by Gasteiger charge is -2.34. The van der Waals surface area contributed by atoms with Gasteiger partial charge in [0.25, 0.3) is 0 Å². The summed E-state index contributed by atoms with van der Waals surface area (Å²) in [6.45, 7) is 13.1. The molecule has 2 fully saturated rings. The third-order valence-electron chi connectivity index (χ3n) is 11.6. The van der Waals surface area contributed by atoms with Gasteiger partial charge in [-0.15, -0.1) is 17.9 Å². The molecule has 0 bridgehead atoms. The first-order valence-electron chi connectivity index (χ1n) is 19.6. The molecule has 7 rings (SSSR count). The first-order valence-corrected chi connectivity index (χ1v) is 20.5. The Hall–Kier alpha value is -5.58. The van der Waals surface area contributed by atoms with E-state index in [1.54, 1.807) is 46.1 Å². The summed E-state index contributed by atoms with van der Waals surface area (Å²) in [5, 5.41) is 33.3. The van der Waals surface area contributed by atoms with Gasteiger partial charge in [0.05, 0.1) is 48.5 Å². The molecule has 3 aliphatic rings. The molecule has 3 heterocycles. The predicted molar refractivity (Wildman–Crippen MR) is 223 cm³/mol. The number of carboxylic acid groups (broad SMARTS) is 1. The van der Waals surface area contributed by atoms with Gasteiger partial charge in [0.2, 0.25) is 5.91 Å². The highest BCUT2D eigenvalue weighted by atomic mass is 32.1. The maximum Gasteiger partial charge on any atom is 0.325 e. The van der Waals surface area contributed by atoms with E-state index in [2.05, 4.69) is 22.5 Å². The van der Waals surface area contributed by atoms with Gasteiger partial charge >= 0.3 is 12.0 Å². The molecule has 1 saturated carbocycles. The van der Waals surface area contributed by atoms with Crippen LogP contribution >= 0.6 is 11.3 Å². The number of anilines is 1. The molecule has 312 valence electrons. The number of ether oxygens (including phenoxy) is 2. The third kappa shape index (κ3) is 7.72. The number of pyridine rings is 1. The molecule has 7 N–H and O–H groups in total. The number of nitrogens with two attached hydrogens (primary N) is 1. The number of nitrogens with zero attached hydrogens (tertiary/aromatic N) is 3. The van der Waals surface area contributed by atoms with E-state index in [0.717, 1.165) is 16.3 Å². The van der Waals surface area contributed by atoms with Gasteiger partial charge in [-0.25, -0.2) is 14.8 Å². The third-order valence-corrected chi connectivity index (χ3v) is 12.3. The number of aromatic nitrogens is 2. The Kier molecular flexibility index (Phi) is 11.0. The Labute approximate surface area is 346 Å². The number of thiazole rings is 1. The van der Waals surface area contributed by atoms with Gasteiger partial charge in [-0.2, -0.15) is 0 Å². The van der Waals surface area contributed by atoms with Gasteiger partial charge in [-0.05, 0) is 48.9 Å². The molecule has 1 saturated heterocycles. The number of hydrogen-bond donors (Lipinski definition) is 6.